The van der Waals surface area contributed by atoms with Gasteiger partial charge in [0.2, 0.25) is 0 Å². The summed E-state index contributed by atoms with van der Waals surface area (Å²) in [7, 11) is 3.43. The summed E-state index contributed by atoms with van der Waals surface area (Å²) in [6.07, 6.45) is 7.23. The van der Waals surface area contributed by atoms with Gasteiger partial charge in [-0.05, 0) is 12.0 Å². The van der Waals surface area contributed by atoms with Gasteiger partial charge in [0.1, 0.15) is 0 Å². The second-order valence-electron chi connectivity index (χ2n) is 3.54. The van der Waals surface area contributed by atoms with Gasteiger partial charge in [0, 0.05) is 20.6 Å². The van der Waals surface area contributed by atoms with Crippen molar-refractivity contribution >= 4 is 11.9 Å². The van der Waals surface area contributed by atoms with E-state index in [1.807, 2.05) is 7.05 Å². The van der Waals surface area contributed by atoms with Gasteiger partial charge in [0.25, 0.3) is 0 Å². The van der Waals surface area contributed by atoms with E-state index in [0.717, 1.165) is 6.42 Å². The molecule has 0 amide bonds. The maximum atomic E-state index is 7.77. The van der Waals surface area contributed by atoms with Crippen LogP contribution in [0.15, 0.2) is 23.8 Å². The third kappa shape index (κ3) is 2.83. The predicted octanol–water partition coefficient (Wildman–Crippen LogP) is 0.565. The number of hydrogen-bond acceptors (Lipinski definition) is 2. The highest BCUT2D eigenvalue weighted by Gasteiger charge is 2.13. The van der Waals surface area contributed by atoms with Gasteiger partial charge in [0.05, 0.1) is 0 Å². The average molecular weight is 207 g/mol. The van der Waals surface area contributed by atoms with Gasteiger partial charge in [-0.25, -0.2) is 0 Å². The van der Waals surface area contributed by atoms with Crippen LogP contribution in [0.3, 0.4) is 0 Å². The van der Waals surface area contributed by atoms with Crippen molar-refractivity contribution in [3.63, 3.8) is 0 Å². The zero-order valence-electron chi connectivity index (χ0n) is 9.12. The molecule has 0 spiro atoms. The van der Waals surface area contributed by atoms with Gasteiger partial charge < -0.3 is 10.6 Å². The van der Waals surface area contributed by atoms with E-state index in [1.165, 1.54) is 10.5 Å². The Kier molecular flexibility index (Phi) is 3.49. The molecule has 0 heterocycles. The van der Waals surface area contributed by atoms with Crippen LogP contribution in [-0.2, 0) is 0 Å². The molecule has 0 aromatic heterocycles. The largest absolute Gasteiger partial charge is 0.370 e. The predicted molar refractivity (Wildman–Crippen MR) is 61.9 cm³/mol. The molecule has 0 saturated carbocycles. The molecule has 0 aromatic rings. The monoisotopic (exact) mass is 207 g/mol. The fourth-order valence-corrected chi connectivity index (χ4v) is 1.34. The second kappa shape index (κ2) is 4.63. The lowest BCUT2D eigenvalue weighted by atomic mass is 10.3. The lowest BCUT2D eigenvalue weighted by molar-refractivity contribution is 0.479. The van der Waals surface area contributed by atoms with Gasteiger partial charge >= 0.3 is 0 Å². The Labute approximate surface area is 89.9 Å². The molecule has 0 unspecified atom stereocenters. The van der Waals surface area contributed by atoms with Crippen LogP contribution in [0, 0.1) is 10.8 Å². The summed E-state index contributed by atoms with van der Waals surface area (Å²) >= 11 is 0. The molecule has 15 heavy (non-hydrogen) atoms. The van der Waals surface area contributed by atoms with Crippen molar-refractivity contribution in [3.8, 4) is 0 Å². The summed E-state index contributed by atoms with van der Waals surface area (Å²) < 4.78 is 0. The summed E-state index contributed by atoms with van der Waals surface area (Å²) in [5, 5.41) is 15.0. The van der Waals surface area contributed by atoms with Crippen molar-refractivity contribution in [2.75, 3.05) is 20.6 Å². The highest BCUT2D eigenvalue weighted by Crippen LogP contribution is 2.10. The molecule has 1 aliphatic carbocycles. The van der Waals surface area contributed by atoms with E-state index < -0.39 is 0 Å². The van der Waals surface area contributed by atoms with Crippen LogP contribution in [0.5, 0.6) is 0 Å². The standard InChI is InChI=1S/C10H17N5/c1-14(7-8-5-3-4-6-8)10(13)15(2)9(11)12/h3,5-6,13H,4,7H2,1-2H3,(H3,11,12). The van der Waals surface area contributed by atoms with Crippen molar-refractivity contribution < 1.29 is 0 Å². The Morgan fingerprint density at radius 1 is 1.47 bits per heavy atom. The van der Waals surface area contributed by atoms with Gasteiger partial charge in [-0.3, -0.25) is 15.7 Å². The number of nitrogens with two attached hydrogens (primary N) is 1. The molecule has 0 aliphatic heterocycles. The SMILES string of the molecule is CN(CC1=CCC=C1)C(=N)N(C)C(=N)N. The third-order valence-electron chi connectivity index (χ3n) is 2.31. The van der Waals surface area contributed by atoms with Crippen LogP contribution in [0.2, 0.25) is 0 Å². The third-order valence-corrected chi connectivity index (χ3v) is 2.31. The number of guanidine groups is 2. The summed E-state index contributed by atoms with van der Waals surface area (Å²) in [6, 6.07) is 0. The van der Waals surface area contributed by atoms with Gasteiger partial charge in [0.15, 0.2) is 11.9 Å². The summed E-state index contributed by atoms with van der Waals surface area (Å²) in [4.78, 5) is 3.09. The van der Waals surface area contributed by atoms with Crippen molar-refractivity contribution in [2.24, 2.45) is 5.73 Å². The van der Waals surface area contributed by atoms with Crippen LogP contribution in [0.25, 0.3) is 0 Å². The topological polar surface area (TPSA) is 80.2 Å². The lowest BCUT2D eigenvalue weighted by Crippen LogP contribution is -2.46. The smallest absolute Gasteiger partial charge is 0.200 e. The van der Waals surface area contributed by atoms with Crippen LogP contribution >= 0.6 is 0 Å². The lowest BCUT2D eigenvalue weighted by Gasteiger charge is -2.26. The van der Waals surface area contributed by atoms with E-state index in [2.05, 4.69) is 18.2 Å². The first-order valence-corrected chi connectivity index (χ1v) is 4.75. The molecule has 5 heteroatoms. The maximum absolute atomic E-state index is 7.77. The minimum atomic E-state index is -0.122. The highest BCUT2D eigenvalue weighted by molar-refractivity contribution is 5.94. The van der Waals surface area contributed by atoms with Gasteiger partial charge in [-0.1, -0.05) is 18.2 Å². The Morgan fingerprint density at radius 2 is 2.13 bits per heavy atom. The van der Waals surface area contributed by atoms with Gasteiger partial charge in [-0.15, -0.1) is 0 Å². The van der Waals surface area contributed by atoms with E-state index in [9.17, 15) is 0 Å². The molecule has 1 aliphatic rings. The number of allylic oxidation sites excluding steroid dienone is 2. The maximum Gasteiger partial charge on any atom is 0.200 e. The number of likely N-dealkylation sites (N-methyl/N-ethyl adjacent to an activating group) is 1. The first-order valence-electron chi connectivity index (χ1n) is 4.75. The van der Waals surface area contributed by atoms with Crippen molar-refractivity contribution in [1.29, 1.82) is 10.8 Å². The Balaban J connectivity index is 2.53. The molecular weight excluding hydrogens is 190 g/mol. The number of rotatable bonds is 2. The van der Waals surface area contributed by atoms with Crippen LogP contribution in [-0.4, -0.2) is 42.4 Å². The zero-order chi connectivity index (χ0) is 11.4. The quantitative estimate of drug-likeness (QED) is 0.457. The molecule has 5 nitrogen and oxygen atoms in total. The Bertz CT molecular complexity index is 329. The van der Waals surface area contributed by atoms with E-state index in [-0.39, 0.29) is 11.9 Å². The van der Waals surface area contributed by atoms with E-state index in [0.29, 0.717) is 6.54 Å². The zero-order valence-corrected chi connectivity index (χ0v) is 9.12. The highest BCUT2D eigenvalue weighted by atomic mass is 15.4. The van der Waals surface area contributed by atoms with Crippen LogP contribution < -0.4 is 5.73 Å². The number of nitrogens with one attached hydrogen (secondary N) is 2. The fourth-order valence-electron chi connectivity index (χ4n) is 1.34. The average Bonchev–Trinajstić information content (AvgIpc) is 2.67. The molecule has 4 N–H and O–H groups in total. The van der Waals surface area contributed by atoms with Gasteiger partial charge in [-0.2, -0.15) is 0 Å². The molecule has 0 aromatic carbocycles. The molecule has 82 valence electrons. The Morgan fingerprint density at radius 3 is 2.60 bits per heavy atom. The fraction of sp³-hybridized carbons (Fsp3) is 0.400. The van der Waals surface area contributed by atoms with E-state index >= 15 is 0 Å². The molecular formula is C10H17N5. The van der Waals surface area contributed by atoms with Crippen molar-refractivity contribution in [3.05, 3.63) is 23.8 Å². The van der Waals surface area contributed by atoms with Crippen molar-refractivity contribution in [2.45, 2.75) is 6.42 Å². The molecule has 0 fully saturated rings. The molecule has 0 atom stereocenters. The summed E-state index contributed by atoms with van der Waals surface area (Å²) in [5.41, 5.74) is 6.49. The minimum Gasteiger partial charge on any atom is -0.370 e. The number of nitrogens with zero attached hydrogens (tertiary/aromatic N) is 2. The second-order valence-corrected chi connectivity index (χ2v) is 3.54. The van der Waals surface area contributed by atoms with E-state index in [4.69, 9.17) is 16.6 Å². The molecule has 0 radical (unpaired) electrons. The normalized spacial score (nSPS) is 13.6. The summed E-state index contributed by atoms with van der Waals surface area (Å²) in [6.45, 7) is 0.674. The molecule has 0 bridgehead atoms. The van der Waals surface area contributed by atoms with Crippen LogP contribution in [0.4, 0.5) is 0 Å². The van der Waals surface area contributed by atoms with Crippen LogP contribution in [0.1, 0.15) is 6.42 Å². The summed E-state index contributed by atoms with van der Waals surface area (Å²) in [5.74, 6) is 0.103. The molecule has 0 saturated heterocycles. The number of hydrogen-bond donors (Lipinski definition) is 3. The minimum absolute atomic E-state index is 0.122. The Hall–Kier alpha value is -1.78. The van der Waals surface area contributed by atoms with E-state index in [1.54, 1.807) is 11.9 Å². The first kappa shape index (κ1) is 11.3. The first-order chi connectivity index (χ1) is 7.02. The molecule has 1 rings (SSSR count). The van der Waals surface area contributed by atoms with Crippen molar-refractivity contribution in [1.82, 2.24) is 9.80 Å².